The van der Waals surface area contributed by atoms with Gasteiger partial charge in [-0.05, 0) is 37.3 Å². The van der Waals surface area contributed by atoms with Crippen molar-refractivity contribution in [1.29, 1.82) is 0 Å². The Balaban J connectivity index is 2.17. The van der Waals surface area contributed by atoms with E-state index in [0.29, 0.717) is 17.3 Å². The third-order valence-electron chi connectivity index (χ3n) is 4.07. The number of aromatic hydroxyl groups is 1. The van der Waals surface area contributed by atoms with E-state index in [0.717, 1.165) is 24.4 Å². The molecule has 1 heterocycles. The number of nitrogens with zero attached hydrogens (tertiary/aromatic N) is 3. The summed E-state index contributed by atoms with van der Waals surface area (Å²) in [6.45, 7) is 2.26. The van der Waals surface area contributed by atoms with E-state index in [1.807, 2.05) is 37.2 Å². The average molecular weight is 283 g/mol. The molecule has 4 nitrogen and oxygen atoms in total. The predicted octanol–water partition coefficient (Wildman–Crippen LogP) is 3.04. The highest BCUT2D eigenvalue weighted by Crippen LogP contribution is 2.33. The van der Waals surface area contributed by atoms with Crippen molar-refractivity contribution in [2.45, 2.75) is 26.2 Å². The summed E-state index contributed by atoms with van der Waals surface area (Å²) in [5.74, 6) is 2.47. The molecule has 0 saturated heterocycles. The fraction of sp³-hybridized carbons (Fsp3) is 0.412. The zero-order valence-corrected chi connectivity index (χ0v) is 12.8. The molecule has 0 spiro atoms. The van der Waals surface area contributed by atoms with E-state index in [9.17, 15) is 5.11 Å². The number of rotatable bonds is 2. The number of phenolic OH excluding ortho intramolecular Hbond substituents is 1. The van der Waals surface area contributed by atoms with Crippen LogP contribution in [0.2, 0.25) is 0 Å². The molecule has 4 heteroatoms. The molecule has 1 N–H and O–H groups in total. The number of para-hydroxylation sites is 1. The first-order chi connectivity index (χ1) is 10.1. The molecule has 21 heavy (non-hydrogen) atoms. The lowest BCUT2D eigenvalue weighted by molar-refractivity contribution is 0.476. The number of aromatic nitrogens is 2. The normalized spacial score (nSPS) is 17.4. The van der Waals surface area contributed by atoms with Crippen LogP contribution in [0.4, 0.5) is 5.82 Å². The molecule has 1 aromatic heterocycles. The van der Waals surface area contributed by atoms with E-state index in [1.165, 1.54) is 12.0 Å². The van der Waals surface area contributed by atoms with Crippen molar-refractivity contribution >= 4 is 5.82 Å². The van der Waals surface area contributed by atoms with Gasteiger partial charge in [-0.2, -0.15) is 0 Å². The first-order valence-corrected chi connectivity index (χ1v) is 7.41. The number of phenols is 1. The number of anilines is 1. The summed E-state index contributed by atoms with van der Waals surface area (Å²) in [4.78, 5) is 11.5. The molecule has 3 rings (SSSR count). The minimum absolute atomic E-state index is 0.228. The number of fused-ring (bicyclic) bond motifs is 1. The fourth-order valence-corrected chi connectivity index (χ4v) is 2.92. The van der Waals surface area contributed by atoms with Crippen molar-refractivity contribution in [2.75, 3.05) is 19.0 Å². The van der Waals surface area contributed by atoms with Crippen molar-refractivity contribution in [3.63, 3.8) is 0 Å². The standard InChI is InChI=1S/C17H21N3O/c1-11-8-9-12-14(10-11)18-16(19-17(12)20(2)3)13-6-4-5-7-15(13)21/h4-7,11,21H,8-10H2,1-3H3/t11-/m1/s1. The lowest BCUT2D eigenvalue weighted by Gasteiger charge is -2.26. The van der Waals surface area contributed by atoms with Crippen LogP contribution < -0.4 is 4.90 Å². The number of hydrogen-bond acceptors (Lipinski definition) is 4. The molecule has 1 atom stereocenters. The first kappa shape index (κ1) is 13.9. The van der Waals surface area contributed by atoms with Crippen LogP contribution in [-0.2, 0) is 12.8 Å². The third kappa shape index (κ3) is 2.58. The molecule has 0 unspecified atom stereocenters. The van der Waals surface area contributed by atoms with Crippen LogP contribution in [0.25, 0.3) is 11.4 Å². The van der Waals surface area contributed by atoms with Crippen LogP contribution in [0.3, 0.4) is 0 Å². The van der Waals surface area contributed by atoms with Gasteiger partial charge in [-0.3, -0.25) is 0 Å². The largest absolute Gasteiger partial charge is 0.507 e. The zero-order valence-electron chi connectivity index (χ0n) is 12.8. The van der Waals surface area contributed by atoms with Crippen LogP contribution in [-0.4, -0.2) is 29.2 Å². The molecule has 2 aromatic rings. The second-order valence-corrected chi connectivity index (χ2v) is 6.06. The molecule has 1 aliphatic carbocycles. The molecule has 1 aliphatic rings. The Morgan fingerprint density at radius 3 is 2.67 bits per heavy atom. The average Bonchev–Trinajstić information content (AvgIpc) is 2.46. The molecule has 0 fully saturated rings. The molecule has 1 aromatic carbocycles. The van der Waals surface area contributed by atoms with Gasteiger partial charge in [0.25, 0.3) is 0 Å². The summed E-state index contributed by atoms with van der Waals surface area (Å²) < 4.78 is 0. The number of hydrogen-bond donors (Lipinski definition) is 1. The quantitative estimate of drug-likeness (QED) is 0.920. The van der Waals surface area contributed by atoms with Gasteiger partial charge in [0.15, 0.2) is 5.82 Å². The highest BCUT2D eigenvalue weighted by atomic mass is 16.3. The summed E-state index contributed by atoms with van der Waals surface area (Å²) in [5, 5.41) is 10.1. The Bertz CT molecular complexity index is 667. The Kier molecular flexibility index (Phi) is 3.53. The summed E-state index contributed by atoms with van der Waals surface area (Å²) in [6.07, 6.45) is 3.21. The molecule has 110 valence electrons. The summed E-state index contributed by atoms with van der Waals surface area (Å²) in [6, 6.07) is 7.25. The second kappa shape index (κ2) is 5.35. The lowest BCUT2D eigenvalue weighted by atomic mass is 9.88. The van der Waals surface area contributed by atoms with Gasteiger partial charge in [0.05, 0.1) is 11.3 Å². The Hall–Kier alpha value is -2.10. The van der Waals surface area contributed by atoms with E-state index in [-0.39, 0.29) is 5.75 Å². The van der Waals surface area contributed by atoms with Crippen molar-refractivity contribution < 1.29 is 5.11 Å². The van der Waals surface area contributed by atoms with Gasteiger partial charge in [0.2, 0.25) is 0 Å². The van der Waals surface area contributed by atoms with E-state index >= 15 is 0 Å². The van der Waals surface area contributed by atoms with Gasteiger partial charge in [0, 0.05) is 19.7 Å². The maximum Gasteiger partial charge on any atom is 0.165 e. The van der Waals surface area contributed by atoms with Crippen LogP contribution in [0, 0.1) is 5.92 Å². The van der Waals surface area contributed by atoms with Gasteiger partial charge in [-0.15, -0.1) is 0 Å². The van der Waals surface area contributed by atoms with E-state index in [1.54, 1.807) is 6.07 Å². The van der Waals surface area contributed by atoms with Crippen molar-refractivity contribution in [2.24, 2.45) is 5.92 Å². The van der Waals surface area contributed by atoms with Gasteiger partial charge >= 0.3 is 0 Å². The van der Waals surface area contributed by atoms with E-state index < -0.39 is 0 Å². The SMILES string of the molecule is C[C@@H]1CCc2c(nc(-c3ccccc3O)nc2N(C)C)C1. The van der Waals surface area contributed by atoms with Crippen molar-refractivity contribution in [3.05, 3.63) is 35.5 Å². The topological polar surface area (TPSA) is 49.3 Å². The van der Waals surface area contributed by atoms with Gasteiger partial charge in [-0.25, -0.2) is 9.97 Å². The molecule has 0 amide bonds. The highest BCUT2D eigenvalue weighted by Gasteiger charge is 2.23. The second-order valence-electron chi connectivity index (χ2n) is 6.06. The minimum Gasteiger partial charge on any atom is -0.507 e. The Morgan fingerprint density at radius 2 is 1.95 bits per heavy atom. The van der Waals surface area contributed by atoms with Crippen LogP contribution in [0.15, 0.2) is 24.3 Å². The van der Waals surface area contributed by atoms with Crippen LogP contribution >= 0.6 is 0 Å². The molecule has 0 bridgehead atoms. The molecule has 0 saturated carbocycles. The van der Waals surface area contributed by atoms with Crippen molar-refractivity contribution in [3.8, 4) is 17.1 Å². The summed E-state index contributed by atoms with van der Waals surface area (Å²) in [7, 11) is 4.02. The molecule has 0 aliphatic heterocycles. The maximum atomic E-state index is 10.1. The van der Waals surface area contributed by atoms with Crippen LogP contribution in [0.1, 0.15) is 24.6 Å². The summed E-state index contributed by atoms with van der Waals surface area (Å²) in [5.41, 5.74) is 3.09. The minimum atomic E-state index is 0.228. The Labute approximate surface area is 125 Å². The smallest absolute Gasteiger partial charge is 0.165 e. The third-order valence-corrected chi connectivity index (χ3v) is 4.07. The predicted molar refractivity (Wildman–Crippen MR) is 84.6 cm³/mol. The van der Waals surface area contributed by atoms with E-state index in [2.05, 4.69) is 6.92 Å². The Morgan fingerprint density at radius 1 is 1.19 bits per heavy atom. The highest BCUT2D eigenvalue weighted by molar-refractivity contribution is 5.66. The molecule has 0 radical (unpaired) electrons. The monoisotopic (exact) mass is 283 g/mol. The number of benzene rings is 1. The molecular weight excluding hydrogens is 262 g/mol. The van der Waals surface area contributed by atoms with Crippen molar-refractivity contribution in [1.82, 2.24) is 9.97 Å². The van der Waals surface area contributed by atoms with Gasteiger partial charge in [-0.1, -0.05) is 19.1 Å². The zero-order chi connectivity index (χ0) is 15.0. The lowest BCUT2D eigenvalue weighted by Crippen LogP contribution is -2.21. The first-order valence-electron chi connectivity index (χ1n) is 7.41. The molecular formula is C17H21N3O. The summed E-state index contributed by atoms with van der Waals surface area (Å²) >= 11 is 0. The van der Waals surface area contributed by atoms with E-state index in [4.69, 9.17) is 9.97 Å². The maximum absolute atomic E-state index is 10.1. The van der Waals surface area contributed by atoms with Gasteiger partial charge < -0.3 is 10.0 Å². The van der Waals surface area contributed by atoms with Crippen LogP contribution in [0.5, 0.6) is 5.75 Å². The fourth-order valence-electron chi connectivity index (χ4n) is 2.92. The van der Waals surface area contributed by atoms with Gasteiger partial charge in [0.1, 0.15) is 11.6 Å².